The van der Waals surface area contributed by atoms with Crippen LogP contribution < -0.4 is 4.90 Å². The molecule has 0 radical (unpaired) electrons. The minimum absolute atomic E-state index is 0.264. The molecule has 5 heteroatoms. The second kappa shape index (κ2) is 6.47. The molecule has 1 heterocycles. The molecule has 4 nitrogen and oxygen atoms in total. The number of ketones is 1. The molecular weight excluding hydrogens is 338 g/mol. The van der Waals surface area contributed by atoms with Gasteiger partial charge in [-0.1, -0.05) is 42.8 Å². The number of rotatable bonds is 5. The highest BCUT2D eigenvalue weighted by atomic mass is 35.5. The zero-order valence-corrected chi connectivity index (χ0v) is 14.5. The van der Waals surface area contributed by atoms with Crippen LogP contribution in [0, 0.1) is 5.92 Å². The maximum atomic E-state index is 13.0. The molecule has 0 spiro atoms. The van der Waals surface area contributed by atoms with Crippen molar-refractivity contribution in [3.8, 4) is 0 Å². The normalized spacial score (nSPS) is 20.3. The van der Waals surface area contributed by atoms with Gasteiger partial charge in [0.05, 0.1) is 11.6 Å². The number of para-hydroxylation sites is 1. The molecular formula is C20H18ClNO3. The Labute approximate surface area is 151 Å². The fourth-order valence-corrected chi connectivity index (χ4v) is 3.37. The van der Waals surface area contributed by atoms with Gasteiger partial charge in [-0.2, -0.15) is 0 Å². The lowest BCUT2D eigenvalue weighted by atomic mass is 9.79. The molecule has 3 rings (SSSR count). The number of anilines is 1. The summed E-state index contributed by atoms with van der Waals surface area (Å²) in [4.78, 5) is 27.3. The molecule has 1 aliphatic rings. The molecule has 0 saturated carbocycles. The Morgan fingerprint density at radius 1 is 1.28 bits per heavy atom. The van der Waals surface area contributed by atoms with Gasteiger partial charge in [-0.25, -0.2) is 0 Å². The predicted octanol–water partition coefficient (Wildman–Crippen LogP) is 3.58. The number of hydrogen-bond donors (Lipinski definition) is 1. The summed E-state index contributed by atoms with van der Waals surface area (Å²) in [7, 11) is 0. The van der Waals surface area contributed by atoms with Crippen LogP contribution in [0.1, 0.15) is 22.8 Å². The van der Waals surface area contributed by atoms with Crippen LogP contribution >= 0.6 is 11.6 Å². The van der Waals surface area contributed by atoms with E-state index in [0.29, 0.717) is 21.8 Å². The summed E-state index contributed by atoms with van der Waals surface area (Å²) in [5.74, 6) is -1.77. The van der Waals surface area contributed by atoms with Crippen LogP contribution in [-0.2, 0) is 10.4 Å². The van der Waals surface area contributed by atoms with Crippen molar-refractivity contribution in [1.82, 2.24) is 0 Å². The highest BCUT2D eigenvalue weighted by Crippen LogP contribution is 2.45. The molecule has 0 fully saturated rings. The van der Waals surface area contributed by atoms with Gasteiger partial charge < -0.3 is 10.0 Å². The lowest BCUT2D eigenvalue weighted by molar-refractivity contribution is -0.139. The van der Waals surface area contributed by atoms with E-state index in [1.54, 1.807) is 61.5 Å². The van der Waals surface area contributed by atoms with E-state index < -0.39 is 17.4 Å². The summed E-state index contributed by atoms with van der Waals surface area (Å²) in [6, 6.07) is 13.4. The Morgan fingerprint density at radius 2 is 1.92 bits per heavy atom. The van der Waals surface area contributed by atoms with Crippen molar-refractivity contribution < 1.29 is 14.7 Å². The summed E-state index contributed by atoms with van der Waals surface area (Å²) >= 11 is 5.86. The topological polar surface area (TPSA) is 57.6 Å². The molecule has 25 heavy (non-hydrogen) atoms. The molecule has 2 atom stereocenters. The van der Waals surface area contributed by atoms with Gasteiger partial charge in [-0.05, 0) is 30.3 Å². The molecule has 0 aliphatic carbocycles. The van der Waals surface area contributed by atoms with Gasteiger partial charge in [0.25, 0.3) is 5.91 Å². The standard InChI is InChI=1S/C20H18ClNO3/c1-3-12-22-17-7-5-4-6-16(17)20(25,19(22)24)13(2)18(23)14-8-10-15(21)11-9-14/h3-11,13,25H,1,12H2,2H3. The third kappa shape index (κ3) is 2.68. The summed E-state index contributed by atoms with van der Waals surface area (Å²) in [5.41, 5.74) is -0.462. The lowest BCUT2D eigenvalue weighted by Gasteiger charge is -2.28. The molecule has 128 valence electrons. The number of nitrogens with zero attached hydrogens (tertiary/aromatic N) is 1. The number of Topliss-reactive ketones (excluding diaryl/α,β-unsaturated/α-hetero) is 1. The maximum Gasteiger partial charge on any atom is 0.264 e. The van der Waals surface area contributed by atoms with Gasteiger partial charge in [-0.3, -0.25) is 9.59 Å². The van der Waals surface area contributed by atoms with E-state index in [1.807, 2.05) is 0 Å². The van der Waals surface area contributed by atoms with Gasteiger partial charge in [0.2, 0.25) is 0 Å². The third-order valence-electron chi connectivity index (χ3n) is 4.64. The van der Waals surface area contributed by atoms with E-state index in [1.165, 1.54) is 4.90 Å². The van der Waals surface area contributed by atoms with Crippen LogP contribution in [0.3, 0.4) is 0 Å². The van der Waals surface area contributed by atoms with Gasteiger partial charge >= 0.3 is 0 Å². The van der Waals surface area contributed by atoms with E-state index >= 15 is 0 Å². The van der Waals surface area contributed by atoms with E-state index in [9.17, 15) is 14.7 Å². The molecule has 0 aromatic heterocycles. The highest BCUT2D eigenvalue weighted by Gasteiger charge is 2.54. The summed E-state index contributed by atoms with van der Waals surface area (Å²) in [6.45, 7) is 5.50. The SMILES string of the molecule is C=CCN1C(=O)C(O)(C(C)C(=O)c2ccc(Cl)cc2)c2ccccc21. The van der Waals surface area contributed by atoms with E-state index in [4.69, 9.17) is 11.6 Å². The van der Waals surface area contributed by atoms with Crippen LogP contribution in [-0.4, -0.2) is 23.3 Å². The number of carbonyl (C=O) groups excluding carboxylic acids is 2. The zero-order chi connectivity index (χ0) is 18.2. The van der Waals surface area contributed by atoms with Crippen molar-refractivity contribution >= 4 is 29.0 Å². The summed E-state index contributed by atoms with van der Waals surface area (Å²) < 4.78 is 0. The smallest absolute Gasteiger partial charge is 0.264 e. The number of fused-ring (bicyclic) bond motifs is 1. The Morgan fingerprint density at radius 3 is 2.56 bits per heavy atom. The molecule has 2 aromatic carbocycles. The van der Waals surface area contributed by atoms with Crippen molar-refractivity contribution in [1.29, 1.82) is 0 Å². The molecule has 1 N–H and O–H groups in total. The van der Waals surface area contributed by atoms with Gasteiger partial charge in [-0.15, -0.1) is 6.58 Å². The first-order chi connectivity index (χ1) is 11.9. The van der Waals surface area contributed by atoms with Crippen molar-refractivity contribution in [2.45, 2.75) is 12.5 Å². The molecule has 1 aliphatic heterocycles. The number of carbonyl (C=O) groups is 2. The minimum atomic E-state index is -1.91. The largest absolute Gasteiger partial charge is 0.375 e. The van der Waals surface area contributed by atoms with Crippen LogP contribution in [0.2, 0.25) is 5.02 Å². The fraction of sp³-hybridized carbons (Fsp3) is 0.200. The minimum Gasteiger partial charge on any atom is -0.375 e. The Kier molecular flexibility index (Phi) is 4.50. The molecule has 1 amide bonds. The zero-order valence-electron chi connectivity index (χ0n) is 13.8. The first-order valence-corrected chi connectivity index (χ1v) is 8.33. The second-order valence-electron chi connectivity index (χ2n) is 6.08. The first kappa shape index (κ1) is 17.4. The first-order valence-electron chi connectivity index (χ1n) is 7.95. The quantitative estimate of drug-likeness (QED) is 0.658. The van der Waals surface area contributed by atoms with Crippen LogP contribution in [0.15, 0.2) is 61.2 Å². The summed E-state index contributed by atoms with van der Waals surface area (Å²) in [5, 5.41) is 11.8. The molecule has 2 aromatic rings. The van der Waals surface area contributed by atoms with Crippen molar-refractivity contribution in [3.63, 3.8) is 0 Å². The van der Waals surface area contributed by atoms with Crippen LogP contribution in [0.5, 0.6) is 0 Å². The predicted molar refractivity (Wildman–Crippen MR) is 97.8 cm³/mol. The third-order valence-corrected chi connectivity index (χ3v) is 4.89. The number of amides is 1. The number of halogens is 1. The maximum absolute atomic E-state index is 13.0. The van der Waals surface area contributed by atoms with Crippen LogP contribution in [0.4, 0.5) is 5.69 Å². The number of aliphatic hydroxyl groups is 1. The van der Waals surface area contributed by atoms with Crippen molar-refractivity contribution in [3.05, 3.63) is 77.3 Å². The van der Waals surface area contributed by atoms with Gasteiger partial charge in [0.15, 0.2) is 11.4 Å². The van der Waals surface area contributed by atoms with E-state index in [2.05, 4.69) is 6.58 Å². The Balaban J connectivity index is 2.05. The Hall–Kier alpha value is -2.43. The van der Waals surface area contributed by atoms with Crippen molar-refractivity contribution in [2.24, 2.45) is 5.92 Å². The average molecular weight is 356 g/mol. The van der Waals surface area contributed by atoms with E-state index in [-0.39, 0.29) is 12.3 Å². The lowest BCUT2D eigenvalue weighted by Crippen LogP contribution is -2.47. The van der Waals surface area contributed by atoms with Gasteiger partial charge in [0.1, 0.15) is 0 Å². The summed E-state index contributed by atoms with van der Waals surface area (Å²) in [6.07, 6.45) is 1.59. The van der Waals surface area contributed by atoms with Crippen molar-refractivity contribution in [2.75, 3.05) is 11.4 Å². The average Bonchev–Trinajstić information content (AvgIpc) is 2.84. The fourth-order valence-electron chi connectivity index (χ4n) is 3.24. The van der Waals surface area contributed by atoms with Gasteiger partial charge in [0, 0.05) is 22.7 Å². The molecule has 0 saturated heterocycles. The Bertz CT molecular complexity index is 846. The van der Waals surface area contributed by atoms with Crippen LogP contribution in [0.25, 0.3) is 0 Å². The number of benzene rings is 2. The number of hydrogen-bond acceptors (Lipinski definition) is 3. The monoisotopic (exact) mass is 355 g/mol. The highest BCUT2D eigenvalue weighted by molar-refractivity contribution is 6.30. The molecule has 2 unspecified atom stereocenters. The molecule has 0 bridgehead atoms. The van der Waals surface area contributed by atoms with E-state index in [0.717, 1.165) is 0 Å². The second-order valence-corrected chi connectivity index (χ2v) is 6.52.